The number of fused-ring (bicyclic) bond motifs is 1. The van der Waals surface area contributed by atoms with Crippen molar-refractivity contribution in [1.29, 1.82) is 0 Å². The molecule has 6 heteroatoms. The topological polar surface area (TPSA) is 96.2 Å². The van der Waals surface area contributed by atoms with Crippen LogP contribution in [0.4, 0.5) is 0 Å². The predicted molar refractivity (Wildman–Crippen MR) is 111 cm³/mol. The normalized spacial score (nSPS) is 57.3. The molecule has 31 heavy (non-hydrogen) atoms. The highest BCUT2D eigenvalue weighted by atomic mass is 16.8. The molecule has 172 valence electrons. The van der Waals surface area contributed by atoms with E-state index in [1.165, 1.54) is 13.8 Å². The van der Waals surface area contributed by atoms with E-state index in [1.54, 1.807) is 0 Å². The Morgan fingerprint density at radius 2 is 1.81 bits per heavy atom. The highest BCUT2D eigenvalue weighted by molar-refractivity contribution is 5.99. The van der Waals surface area contributed by atoms with E-state index in [0.29, 0.717) is 12.5 Å². The summed E-state index contributed by atoms with van der Waals surface area (Å²) in [7, 11) is 0. The second-order valence-corrected chi connectivity index (χ2v) is 13.0. The first-order valence-electron chi connectivity index (χ1n) is 11.9. The molecule has 0 aromatic carbocycles. The zero-order chi connectivity index (χ0) is 22.6. The van der Waals surface area contributed by atoms with Crippen LogP contribution in [0, 0.1) is 51.2 Å². The van der Waals surface area contributed by atoms with E-state index in [-0.39, 0.29) is 34.9 Å². The molecule has 7 rings (SSSR count). The predicted octanol–water partition coefficient (Wildman–Crippen LogP) is 2.26. The molecule has 10 atom stereocenters. The first-order valence-corrected chi connectivity index (χ1v) is 11.9. The molecule has 2 aliphatic heterocycles. The molecule has 6 nitrogen and oxygen atoms in total. The number of carbonyl (C=O) groups is 1. The lowest BCUT2D eigenvalue weighted by Crippen LogP contribution is -2.93. The molecular weight excluding hydrogens is 396 g/mol. The minimum atomic E-state index is -1.60. The number of hydrogen-bond donors (Lipinski definition) is 3. The molecule has 0 radical (unpaired) electrons. The third kappa shape index (κ3) is 1.85. The zero-order valence-electron chi connectivity index (χ0n) is 19.4. The van der Waals surface area contributed by atoms with Gasteiger partial charge in [-0.25, -0.2) is 0 Å². The van der Waals surface area contributed by atoms with Crippen LogP contribution in [0.1, 0.15) is 54.4 Å². The van der Waals surface area contributed by atoms with Crippen molar-refractivity contribution in [3.63, 3.8) is 0 Å². The molecule has 2 saturated heterocycles. The number of aliphatic hydroxyl groups excluding tert-OH is 2. The van der Waals surface area contributed by atoms with Crippen LogP contribution in [0.25, 0.3) is 0 Å². The Labute approximate surface area is 184 Å². The van der Waals surface area contributed by atoms with Crippen molar-refractivity contribution < 1.29 is 29.6 Å². The zero-order valence-corrected chi connectivity index (χ0v) is 19.4. The Morgan fingerprint density at radius 3 is 2.45 bits per heavy atom. The van der Waals surface area contributed by atoms with Gasteiger partial charge in [-0.05, 0) is 49.9 Å². The monoisotopic (exact) mass is 432 g/mol. The molecular formula is C25H36O6. The average molecular weight is 433 g/mol. The number of aliphatic hydroxyl groups is 3. The number of hydrogen-bond acceptors (Lipinski definition) is 6. The maximum Gasteiger partial charge on any atom is 0.211 e. The van der Waals surface area contributed by atoms with Gasteiger partial charge >= 0.3 is 0 Å². The molecule has 2 bridgehead atoms. The van der Waals surface area contributed by atoms with Crippen LogP contribution >= 0.6 is 0 Å². The summed E-state index contributed by atoms with van der Waals surface area (Å²) in [5, 5.41) is 33.6. The van der Waals surface area contributed by atoms with E-state index in [4.69, 9.17) is 9.47 Å². The van der Waals surface area contributed by atoms with Crippen molar-refractivity contribution >= 4 is 5.78 Å². The van der Waals surface area contributed by atoms with Crippen molar-refractivity contribution in [3.8, 4) is 0 Å². The summed E-state index contributed by atoms with van der Waals surface area (Å²) < 4.78 is 12.8. The second-order valence-electron chi connectivity index (χ2n) is 13.0. The Hall–Kier alpha value is -0.790. The maximum atomic E-state index is 14.1. The van der Waals surface area contributed by atoms with Gasteiger partial charge in [-0.1, -0.05) is 39.8 Å². The van der Waals surface area contributed by atoms with Crippen LogP contribution < -0.4 is 0 Å². The van der Waals surface area contributed by atoms with Gasteiger partial charge in [0, 0.05) is 22.7 Å². The van der Waals surface area contributed by atoms with Crippen molar-refractivity contribution in [2.45, 2.75) is 78.2 Å². The summed E-state index contributed by atoms with van der Waals surface area (Å²) in [5.41, 5.74) is -2.16. The fraction of sp³-hybridized carbons (Fsp3) is 0.880. The second kappa shape index (κ2) is 5.30. The lowest BCUT2D eigenvalue weighted by atomic mass is 9.20. The van der Waals surface area contributed by atoms with E-state index < -0.39 is 40.0 Å². The van der Waals surface area contributed by atoms with E-state index in [0.717, 1.165) is 12.8 Å². The van der Waals surface area contributed by atoms with Gasteiger partial charge in [0.25, 0.3) is 0 Å². The van der Waals surface area contributed by atoms with Crippen molar-refractivity contribution in [2.75, 3.05) is 6.61 Å². The lowest BCUT2D eigenvalue weighted by Gasteiger charge is -2.85. The van der Waals surface area contributed by atoms with Crippen molar-refractivity contribution in [2.24, 2.45) is 51.2 Å². The molecule has 5 aliphatic carbocycles. The van der Waals surface area contributed by atoms with Crippen LogP contribution in [0.15, 0.2) is 12.2 Å². The minimum Gasteiger partial charge on any atom is -0.388 e. The Morgan fingerprint density at radius 1 is 1.13 bits per heavy atom. The first kappa shape index (κ1) is 20.8. The van der Waals surface area contributed by atoms with Gasteiger partial charge < -0.3 is 24.8 Å². The number of ketones is 1. The molecule has 7 aliphatic rings. The van der Waals surface area contributed by atoms with E-state index in [2.05, 4.69) is 13.8 Å². The molecule has 0 amide bonds. The van der Waals surface area contributed by atoms with Crippen LogP contribution in [0.3, 0.4) is 0 Å². The maximum absolute atomic E-state index is 14.1. The molecule has 0 aromatic rings. The first-order chi connectivity index (χ1) is 14.2. The van der Waals surface area contributed by atoms with Gasteiger partial charge in [0.1, 0.15) is 11.9 Å². The Balaban J connectivity index is 1.61. The average Bonchev–Trinajstić information content (AvgIpc) is 2.63. The van der Waals surface area contributed by atoms with Gasteiger partial charge in [0.2, 0.25) is 5.79 Å². The summed E-state index contributed by atoms with van der Waals surface area (Å²) in [6.45, 7) is 11.7. The number of carbonyl (C=O) groups excluding carboxylic acids is 1. The molecule has 1 unspecified atom stereocenters. The summed E-state index contributed by atoms with van der Waals surface area (Å²) in [4.78, 5) is 14.1. The number of Topliss-reactive ketones (excluding diaryl/α,β-unsaturated/α-hetero) is 1. The summed E-state index contributed by atoms with van der Waals surface area (Å²) in [6, 6.07) is 0. The smallest absolute Gasteiger partial charge is 0.211 e. The molecule has 4 saturated carbocycles. The molecule has 2 spiro atoms. The van der Waals surface area contributed by atoms with Gasteiger partial charge in [-0.2, -0.15) is 0 Å². The third-order valence-electron chi connectivity index (χ3n) is 10.7. The third-order valence-corrected chi connectivity index (χ3v) is 10.7. The van der Waals surface area contributed by atoms with Gasteiger partial charge in [-0.15, -0.1) is 0 Å². The Bertz CT molecular complexity index is 900. The van der Waals surface area contributed by atoms with E-state index in [9.17, 15) is 20.1 Å². The van der Waals surface area contributed by atoms with Crippen molar-refractivity contribution in [1.82, 2.24) is 0 Å². The highest BCUT2D eigenvalue weighted by Gasteiger charge is 2.93. The van der Waals surface area contributed by atoms with Gasteiger partial charge in [0.15, 0.2) is 5.79 Å². The Kier molecular flexibility index (Phi) is 3.56. The van der Waals surface area contributed by atoms with Gasteiger partial charge in [-0.3, -0.25) is 4.79 Å². The van der Waals surface area contributed by atoms with Crippen LogP contribution in [0.2, 0.25) is 0 Å². The standard InChI is InChI=1S/C25H36O6/c1-20(2)12-7-8-13-23-10-9-14(26)21(3,4)17(23)19(28)25(30-11-23,31-22(5,6)29)24(13)15(12)16(20)18(24)27/h9-10,12-17,19,26,28-29H,7-8,11H2,1-6H3/t12-,13+,14+,15+,16?,17-,19+,23-,24-,25+/m1/s1. The summed E-state index contributed by atoms with van der Waals surface area (Å²) in [5.74, 6) is -2.98. The highest BCUT2D eigenvalue weighted by Crippen LogP contribution is 2.86. The largest absolute Gasteiger partial charge is 0.388 e. The van der Waals surface area contributed by atoms with Crippen LogP contribution in [-0.2, 0) is 14.3 Å². The molecule has 2 heterocycles. The molecule has 3 N–H and O–H groups in total. The van der Waals surface area contributed by atoms with Crippen LogP contribution in [-0.4, -0.2) is 51.5 Å². The fourth-order valence-electron chi connectivity index (χ4n) is 9.76. The number of ether oxygens (including phenoxy) is 2. The van der Waals surface area contributed by atoms with Crippen LogP contribution in [0.5, 0.6) is 0 Å². The molecule has 6 fully saturated rings. The van der Waals surface area contributed by atoms with E-state index >= 15 is 0 Å². The van der Waals surface area contributed by atoms with Gasteiger partial charge in [0.05, 0.1) is 18.1 Å². The SMILES string of the molecule is CC(C)(O)O[C@@]12OC[C@]3(C=C[C@H](O)C(C)(C)[C@H]3[C@@H]1O)[C@@H]1CC[C@@H]3[C@H]4C(C(=O)[C@]412)C3(C)C. The van der Waals surface area contributed by atoms with Crippen molar-refractivity contribution in [3.05, 3.63) is 12.2 Å². The quantitative estimate of drug-likeness (QED) is 0.458. The summed E-state index contributed by atoms with van der Waals surface area (Å²) in [6.07, 6.45) is 3.95. The minimum absolute atomic E-state index is 0.0337. The number of rotatable bonds is 2. The lowest BCUT2D eigenvalue weighted by molar-refractivity contribution is -0.506. The fourth-order valence-corrected chi connectivity index (χ4v) is 9.76. The summed E-state index contributed by atoms with van der Waals surface area (Å²) >= 11 is 0. The molecule has 0 aromatic heterocycles. The van der Waals surface area contributed by atoms with E-state index in [1.807, 2.05) is 26.0 Å².